The third-order valence-corrected chi connectivity index (χ3v) is 3.03. The third kappa shape index (κ3) is 2.61. The number of oxazole rings is 1. The fraction of sp³-hybridized carbons (Fsp3) is 0.385. The fourth-order valence-corrected chi connectivity index (χ4v) is 1.81. The third-order valence-electron chi connectivity index (χ3n) is 3.03. The van der Waals surface area contributed by atoms with Gasteiger partial charge in [-0.2, -0.15) is 5.10 Å². The second kappa shape index (κ2) is 5.28. The Kier molecular flexibility index (Phi) is 3.69. The summed E-state index contributed by atoms with van der Waals surface area (Å²) in [6, 6.07) is -0.307. The molecule has 0 bridgehead atoms. The number of carboxylic acids is 1. The highest BCUT2D eigenvalue weighted by Crippen LogP contribution is 2.23. The van der Waals surface area contributed by atoms with Crippen LogP contribution in [0.15, 0.2) is 10.6 Å². The lowest BCUT2D eigenvalue weighted by atomic mass is 10.1. The number of rotatable bonds is 4. The van der Waals surface area contributed by atoms with Crippen LogP contribution in [0.4, 0.5) is 5.82 Å². The average Bonchev–Trinajstić information content (AvgIpc) is 2.80. The van der Waals surface area contributed by atoms with Gasteiger partial charge in [-0.1, -0.05) is 0 Å². The van der Waals surface area contributed by atoms with Crippen LogP contribution in [0, 0.1) is 20.8 Å². The highest BCUT2D eigenvalue weighted by atomic mass is 16.4. The van der Waals surface area contributed by atoms with Crippen LogP contribution in [0.2, 0.25) is 0 Å². The number of carbonyl (C=O) groups is 1. The molecule has 7 nitrogen and oxygen atoms in total. The van der Waals surface area contributed by atoms with Gasteiger partial charge in [-0.05, 0) is 33.3 Å². The summed E-state index contributed by atoms with van der Waals surface area (Å²) < 4.78 is 5.40. The molecule has 2 heterocycles. The Bertz CT molecular complexity index is 651. The highest BCUT2D eigenvalue weighted by molar-refractivity contribution is 5.94. The number of aromatic nitrogens is 3. The molecule has 2 aromatic rings. The van der Waals surface area contributed by atoms with Gasteiger partial charge >= 0.3 is 5.97 Å². The van der Waals surface area contributed by atoms with E-state index >= 15 is 0 Å². The summed E-state index contributed by atoms with van der Waals surface area (Å²) in [5.74, 6) is 0.333. The molecular formula is C13H16N4O3. The molecule has 0 aliphatic carbocycles. The summed E-state index contributed by atoms with van der Waals surface area (Å²) >= 11 is 0. The fourth-order valence-electron chi connectivity index (χ4n) is 1.81. The van der Waals surface area contributed by atoms with Crippen LogP contribution in [-0.4, -0.2) is 26.3 Å². The zero-order valence-electron chi connectivity index (χ0n) is 11.8. The normalized spacial score (nSPS) is 12.2. The average molecular weight is 276 g/mol. The first-order chi connectivity index (χ1) is 9.40. The van der Waals surface area contributed by atoms with Crippen LogP contribution in [0.3, 0.4) is 0 Å². The number of aryl methyl sites for hydroxylation is 2. The Morgan fingerprint density at radius 3 is 2.60 bits per heavy atom. The smallest absolute Gasteiger partial charge is 0.339 e. The number of aromatic carboxylic acids is 1. The van der Waals surface area contributed by atoms with E-state index in [4.69, 9.17) is 4.42 Å². The molecule has 1 atom stereocenters. The molecule has 0 aromatic carbocycles. The summed E-state index contributed by atoms with van der Waals surface area (Å²) in [6.07, 6.45) is 1.61. The van der Waals surface area contributed by atoms with E-state index in [1.54, 1.807) is 27.0 Å². The Morgan fingerprint density at radius 2 is 2.05 bits per heavy atom. The van der Waals surface area contributed by atoms with Crippen molar-refractivity contribution in [1.82, 2.24) is 15.2 Å². The van der Waals surface area contributed by atoms with Crippen molar-refractivity contribution in [1.29, 1.82) is 0 Å². The largest absolute Gasteiger partial charge is 0.478 e. The molecule has 2 rings (SSSR count). The van der Waals surface area contributed by atoms with Crippen LogP contribution in [-0.2, 0) is 0 Å². The van der Waals surface area contributed by atoms with E-state index in [9.17, 15) is 9.90 Å². The van der Waals surface area contributed by atoms with Crippen LogP contribution in [0.25, 0.3) is 0 Å². The van der Waals surface area contributed by atoms with E-state index < -0.39 is 5.97 Å². The maximum Gasteiger partial charge on any atom is 0.339 e. The van der Waals surface area contributed by atoms with E-state index in [1.807, 2.05) is 6.92 Å². The molecule has 2 aromatic heterocycles. The minimum absolute atomic E-state index is 0.118. The number of hydrogen-bond donors (Lipinski definition) is 2. The van der Waals surface area contributed by atoms with Crippen molar-refractivity contribution in [3.05, 3.63) is 34.7 Å². The molecule has 0 amide bonds. The minimum Gasteiger partial charge on any atom is -0.478 e. The second-order valence-electron chi connectivity index (χ2n) is 4.61. The van der Waals surface area contributed by atoms with Crippen molar-refractivity contribution in [3.63, 3.8) is 0 Å². The summed E-state index contributed by atoms with van der Waals surface area (Å²) in [5.41, 5.74) is 1.30. The van der Waals surface area contributed by atoms with E-state index in [2.05, 4.69) is 20.5 Å². The monoisotopic (exact) mass is 276 g/mol. The molecule has 0 aliphatic rings. The van der Waals surface area contributed by atoms with E-state index in [0.717, 1.165) is 0 Å². The highest BCUT2D eigenvalue weighted by Gasteiger charge is 2.20. The van der Waals surface area contributed by atoms with Crippen LogP contribution >= 0.6 is 0 Å². The molecule has 0 saturated carbocycles. The number of carboxylic acid groups (broad SMARTS) is 1. The first-order valence-electron chi connectivity index (χ1n) is 6.16. The van der Waals surface area contributed by atoms with Gasteiger partial charge in [-0.25, -0.2) is 9.78 Å². The standard InChI is InChI=1S/C13H16N4O3/c1-6-5-14-12(20-6)9(4)15-11-10(13(18)19)7(2)8(3)16-17-11/h5,9H,1-4H3,(H,15,17)(H,18,19). The van der Waals surface area contributed by atoms with Gasteiger partial charge in [0.2, 0.25) is 5.89 Å². The van der Waals surface area contributed by atoms with Gasteiger partial charge < -0.3 is 14.8 Å². The first kappa shape index (κ1) is 14.0. The van der Waals surface area contributed by atoms with Gasteiger partial charge in [0.25, 0.3) is 0 Å². The van der Waals surface area contributed by atoms with Gasteiger partial charge in [0, 0.05) is 0 Å². The number of nitrogens with one attached hydrogen (secondary N) is 1. The Balaban J connectivity index is 2.34. The first-order valence-corrected chi connectivity index (χ1v) is 6.16. The molecule has 0 spiro atoms. The SMILES string of the molecule is Cc1cnc(C(C)Nc2nnc(C)c(C)c2C(=O)O)o1. The topological polar surface area (TPSA) is 101 Å². The lowest BCUT2D eigenvalue weighted by Gasteiger charge is -2.14. The van der Waals surface area contributed by atoms with Crippen molar-refractivity contribution in [3.8, 4) is 0 Å². The molecule has 20 heavy (non-hydrogen) atoms. The summed E-state index contributed by atoms with van der Waals surface area (Å²) in [6.45, 7) is 7.04. The maximum atomic E-state index is 11.4. The number of nitrogens with zero attached hydrogens (tertiary/aromatic N) is 3. The van der Waals surface area contributed by atoms with E-state index in [-0.39, 0.29) is 17.4 Å². The molecule has 2 N–H and O–H groups in total. The number of hydrogen-bond acceptors (Lipinski definition) is 6. The quantitative estimate of drug-likeness (QED) is 0.883. The van der Waals surface area contributed by atoms with Crippen LogP contribution in [0.1, 0.15) is 46.2 Å². The van der Waals surface area contributed by atoms with Gasteiger partial charge in [-0.15, -0.1) is 5.10 Å². The predicted octanol–water partition coefficient (Wildman–Crippen LogP) is 2.26. The van der Waals surface area contributed by atoms with Gasteiger partial charge in [-0.3, -0.25) is 0 Å². The van der Waals surface area contributed by atoms with Crippen LogP contribution < -0.4 is 5.32 Å². The van der Waals surface area contributed by atoms with E-state index in [1.165, 1.54) is 0 Å². The zero-order chi connectivity index (χ0) is 14.9. The van der Waals surface area contributed by atoms with Crippen molar-refractivity contribution in [2.24, 2.45) is 0 Å². The Labute approximate surface area is 116 Å². The summed E-state index contributed by atoms with van der Waals surface area (Å²) in [5, 5.41) is 20.2. The second-order valence-corrected chi connectivity index (χ2v) is 4.61. The zero-order valence-corrected chi connectivity index (χ0v) is 11.8. The van der Waals surface area contributed by atoms with Gasteiger partial charge in [0.05, 0.1) is 11.9 Å². The van der Waals surface area contributed by atoms with Crippen LogP contribution in [0.5, 0.6) is 0 Å². The Morgan fingerprint density at radius 1 is 1.35 bits per heavy atom. The van der Waals surface area contributed by atoms with E-state index in [0.29, 0.717) is 22.9 Å². The molecule has 0 fully saturated rings. The molecule has 1 unspecified atom stereocenters. The van der Waals surface area contributed by atoms with Gasteiger partial charge in [0.15, 0.2) is 5.82 Å². The molecule has 0 aliphatic heterocycles. The lowest BCUT2D eigenvalue weighted by Crippen LogP contribution is -2.15. The Hall–Kier alpha value is -2.44. The number of anilines is 1. The molecule has 0 radical (unpaired) electrons. The maximum absolute atomic E-state index is 11.4. The lowest BCUT2D eigenvalue weighted by molar-refractivity contribution is 0.0696. The van der Waals surface area contributed by atoms with Crippen molar-refractivity contribution < 1.29 is 14.3 Å². The molecular weight excluding hydrogens is 260 g/mol. The molecule has 0 saturated heterocycles. The summed E-state index contributed by atoms with van der Waals surface area (Å²) in [4.78, 5) is 15.5. The minimum atomic E-state index is -1.04. The van der Waals surface area contributed by atoms with Gasteiger partial charge in [0.1, 0.15) is 17.4 Å². The predicted molar refractivity (Wildman–Crippen MR) is 71.7 cm³/mol. The van der Waals surface area contributed by atoms with Crippen molar-refractivity contribution >= 4 is 11.8 Å². The summed E-state index contributed by atoms with van der Waals surface area (Å²) in [7, 11) is 0. The molecule has 106 valence electrons. The molecule has 7 heteroatoms. The van der Waals surface area contributed by atoms with Crippen molar-refractivity contribution in [2.45, 2.75) is 33.7 Å². The van der Waals surface area contributed by atoms with Crippen molar-refractivity contribution in [2.75, 3.05) is 5.32 Å².